The molecule has 1 fully saturated rings. The van der Waals surface area contributed by atoms with Crippen molar-refractivity contribution in [2.75, 3.05) is 18.5 Å². The fraction of sp³-hybridized carbons (Fsp3) is 0.478. The quantitative estimate of drug-likeness (QED) is 0.465. The minimum absolute atomic E-state index is 0.00161. The number of amides is 2. The number of nitrogens with zero attached hydrogens (tertiary/aromatic N) is 2. The SMILES string of the molecule is CCCCNC(=O)Nc1ccc2ccc3c(nc(C)n3[C@@H]3C[C@H](CO)[C@@H](O)C3)c2c1. The van der Waals surface area contributed by atoms with Gasteiger partial charge in [0.25, 0.3) is 0 Å². The molecule has 0 saturated heterocycles. The van der Waals surface area contributed by atoms with E-state index in [9.17, 15) is 15.0 Å². The zero-order valence-electron chi connectivity index (χ0n) is 17.6. The van der Waals surface area contributed by atoms with E-state index < -0.39 is 6.10 Å². The smallest absolute Gasteiger partial charge is 0.319 e. The Morgan fingerprint density at radius 2 is 2.07 bits per heavy atom. The summed E-state index contributed by atoms with van der Waals surface area (Å²) in [5.41, 5.74) is 2.63. The third-order valence-electron chi connectivity index (χ3n) is 6.16. The lowest BCUT2D eigenvalue weighted by Crippen LogP contribution is -2.29. The molecule has 7 heteroatoms. The number of hydrogen-bond donors (Lipinski definition) is 4. The van der Waals surface area contributed by atoms with Gasteiger partial charge in [0.2, 0.25) is 0 Å². The highest BCUT2D eigenvalue weighted by Crippen LogP contribution is 2.38. The first-order valence-corrected chi connectivity index (χ1v) is 10.8. The summed E-state index contributed by atoms with van der Waals surface area (Å²) in [5.74, 6) is 0.804. The lowest BCUT2D eigenvalue weighted by molar-refractivity contribution is 0.0906. The number of anilines is 1. The summed E-state index contributed by atoms with van der Waals surface area (Å²) in [6, 6.07) is 9.91. The molecule has 30 heavy (non-hydrogen) atoms. The average molecular weight is 411 g/mol. The Balaban J connectivity index is 1.67. The summed E-state index contributed by atoms with van der Waals surface area (Å²) in [6.45, 7) is 4.73. The molecule has 0 radical (unpaired) electrons. The summed E-state index contributed by atoms with van der Waals surface area (Å²) in [6.07, 6.45) is 2.86. The van der Waals surface area contributed by atoms with Crippen molar-refractivity contribution in [3.63, 3.8) is 0 Å². The molecule has 1 saturated carbocycles. The van der Waals surface area contributed by atoms with Crippen molar-refractivity contribution < 1.29 is 15.0 Å². The number of nitrogens with one attached hydrogen (secondary N) is 2. The lowest BCUT2D eigenvalue weighted by Gasteiger charge is -2.15. The van der Waals surface area contributed by atoms with Crippen LogP contribution in [0.5, 0.6) is 0 Å². The molecule has 0 spiro atoms. The standard InChI is InChI=1S/C23H30N4O3/c1-3-4-9-24-23(30)26-17-7-5-15-6-8-20-22(19(15)11-17)25-14(2)27(20)18-10-16(13-28)21(29)12-18/h5-8,11,16,18,21,28-29H,3-4,9-10,12-13H2,1-2H3,(H2,24,26,30)/t16-,18-,21+/m1/s1. The Kier molecular flexibility index (Phi) is 5.92. The second kappa shape index (κ2) is 8.62. The van der Waals surface area contributed by atoms with E-state index in [2.05, 4.69) is 34.3 Å². The first-order chi connectivity index (χ1) is 14.5. The number of aliphatic hydroxyl groups excluding tert-OH is 2. The molecule has 160 valence electrons. The highest BCUT2D eigenvalue weighted by atomic mass is 16.3. The van der Waals surface area contributed by atoms with Gasteiger partial charge in [0.05, 0.1) is 17.1 Å². The molecule has 0 aliphatic heterocycles. The van der Waals surface area contributed by atoms with E-state index in [1.807, 2.05) is 25.1 Å². The van der Waals surface area contributed by atoms with Gasteiger partial charge in [-0.05, 0) is 49.8 Å². The normalized spacial score (nSPS) is 21.4. The fourth-order valence-corrected chi connectivity index (χ4v) is 4.57. The summed E-state index contributed by atoms with van der Waals surface area (Å²) >= 11 is 0. The number of rotatable bonds is 6. The van der Waals surface area contributed by atoms with Crippen molar-refractivity contribution in [3.05, 3.63) is 36.2 Å². The van der Waals surface area contributed by atoms with Gasteiger partial charge in [-0.3, -0.25) is 0 Å². The summed E-state index contributed by atoms with van der Waals surface area (Å²) in [4.78, 5) is 17.0. The lowest BCUT2D eigenvalue weighted by atomic mass is 10.1. The van der Waals surface area contributed by atoms with Crippen LogP contribution in [0.2, 0.25) is 0 Å². The zero-order valence-corrected chi connectivity index (χ0v) is 17.6. The van der Waals surface area contributed by atoms with Crippen LogP contribution in [0, 0.1) is 12.8 Å². The minimum atomic E-state index is -0.487. The topological polar surface area (TPSA) is 99.4 Å². The number of imidazole rings is 1. The van der Waals surface area contributed by atoms with Crippen LogP contribution in [-0.4, -0.2) is 45.1 Å². The molecule has 3 atom stereocenters. The van der Waals surface area contributed by atoms with Crippen molar-refractivity contribution in [2.24, 2.45) is 5.92 Å². The van der Waals surface area contributed by atoms with Gasteiger partial charge < -0.3 is 25.4 Å². The van der Waals surface area contributed by atoms with Gasteiger partial charge in [-0.2, -0.15) is 0 Å². The second-order valence-corrected chi connectivity index (χ2v) is 8.27. The van der Waals surface area contributed by atoms with E-state index in [-0.39, 0.29) is 24.6 Å². The number of aryl methyl sites for hydroxylation is 1. The Morgan fingerprint density at radius 1 is 1.27 bits per heavy atom. The van der Waals surface area contributed by atoms with Crippen LogP contribution in [0.15, 0.2) is 30.3 Å². The first-order valence-electron chi connectivity index (χ1n) is 10.8. The Hall–Kier alpha value is -2.64. The van der Waals surface area contributed by atoms with E-state index in [1.54, 1.807) is 0 Å². The summed E-state index contributed by atoms with van der Waals surface area (Å²) < 4.78 is 2.19. The van der Waals surface area contributed by atoms with Gasteiger partial charge >= 0.3 is 6.03 Å². The van der Waals surface area contributed by atoms with E-state index >= 15 is 0 Å². The maximum absolute atomic E-state index is 12.1. The average Bonchev–Trinajstić information content (AvgIpc) is 3.26. The van der Waals surface area contributed by atoms with Crippen LogP contribution < -0.4 is 10.6 Å². The van der Waals surface area contributed by atoms with Gasteiger partial charge in [0.1, 0.15) is 5.82 Å². The first kappa shape index (κ1) is 20.6. The van der Waals surface area contributed by atoms with Crippen LogP contribution in [0.25, 0.3) is 21.8 Å². The zero-order chi connectivity index (χ0) is 21.3. The van der Waals surface area contributed by atoms with Gasteiger partial charge in [0, 0.05) is 36.2 Å². The van der Waals surface area contributed by atoms with E-state index in [4.69, 9.17) is 4.98 Å². The predicted molar refractivity (Wildman–Crippen MR) is 119 cm³/mol. The minimum Gasteiger partial charge on any atom is -0.396 e. The second-order valence-electron chi connectivity index (χ2n) is 8.27. The van der Waals surface area contributed by atoms with Crippen molar-refractivity contribution in [1.82, 2.24) is 14.9 Å². The molecule has 7 nitrogen and oxygen atoms in total. The van der Waals surface area contributed by atoms with E-state index in [1.165, 1.54) is 0 Å². The number of carbonyl (C=O) groups is 1. The van der Waals surface area contributed by atoms with Gasteiger partial charge in [0.15, 0.2) is 0 Å². The highest BCUT2D eigenvalue weighted by Gasteiger charge is 2.34. The number of unbranched alkanes of at least 4 members (excludes halogenated alkanes) is 1. The molecule has 4 N–H and O–H groups in total. The Morgan fingerprint density at radius 3 is 2.80 bits per heavy atom. The van der Waals surface area contributed by atoms with E-state index in [0.29, 0.717) is 13.0 Å². The Bertz CT molecular complexity index is 1060. The molecule has 1 aromatic heterocycles. The summed E-state index contributed by atoms with van der Waals surface area (Å²) in [7, 11) is 0. The maximum atomic E-state index is 12.1. The van der Waals surface area contributed by atoms with Crippen molar-refractivity contribution >= 4 is 33.5 Å². The molecule has 1 aliphatic carbocycles. The number of hydrogen-bond acceptors (Lipinski definition) is 4. The molecule has 0 bridgehead atoms. The van der Waals surface area contributed by atoms with Gasteiger partial charge in [-0.25, -0.2) is 9.78 Å². The third-order valence-corrected chi connectivity index (χ3v) is 6.16. The molecule has 2 amide bonds. The molecule has 4 rings (SSSR count). The Labute approximate surface area is 176 Å². The van der Waals surface area contributed by atoms with Crippen molar-refractivity contribution in [1.29, 1.82) is 0 Å². The van der Waals surface area contributed by atoms with Crippen LogP contribution in [0.4, 0.5) is 10.5 Å². The summed E-state index contributed by atoms with van der Waals surface area (Å²) in [5, 5.41) is 27.6. The molecule has 2 aromatic carbocycles. The van der Waals surface area contributed by atoms with E-state index in [0.717, 1.165) is 52.6 Å². The molecule has 1 aliphatic rings. The number of fused-ring (bicyclic) bond motifs is 3. The molecule has 1 heterocycles. The number of aliphatic hydroxyl groups is 2. The molecular formula is C23H30N4O3. The number of aromatic nitrogens is 2. The van der Waals surface area contributed by atoms with Crippen molar-refractivity contribution in [3.8, 4) is 0 Å². The predicted octanol–water partition coefficient (Wildman–Crippen LogP) is 3.72. The fourth-order valence-electron chi connectivity index (χ4n) is 4.57. The monoisotopic (exact) mass is 410 g/mol. The molecule has 3 aromatic rings. The largest absolute Gasteiger partial charge is 0.396 e. The number of carbonyl (C=O) groups excluding carboxylic acids is 1. The molecule has 0 unspecified atom stereocenters. The van der Waals surface area contributed by atoms with Gasteiger partial charge in [-0.1, -0.05) is 25.5 Å². The van der Waals surface area contributed by atoms with Crippen LogP contribution in [0.1, 0.15) is 44.5 Å². The van der Waals surface area contributed by atoms with Crippen molar-refractivity contribution in [2.45, 2.75) is 51.7 Å². The number of urea groups is 1. The highest BCUT2D eigenvalue weighted by molar-refractivity contribution is 6.06. The number of benzene rings is 2. The van der Waals surface area contributed by atoms with Crippen LogP contribution in [0.3, 0.4) is 0 Å². The maximum Gasteiger partial charge on any atom is 0.319 e. The van der Waals surface area contributed by atoms with Crippen LogP contribution in [-0.2, 0) is 0 Å². The van der Waals surface area contributed by atoms with Gasteiger partial charge in [-0.15, -0.1) is 0 Å². The molecular weight excluding hydrogens is 380 g/mol. The van der Waals surface area contributed by atoms with Crippen LogP contribution >= 0.6 is 0 Å². The third kappa shape index (κ3) is 3.87.